The quantitative estimate of drug-likeness (QED) is 0.868. The second-order valence-corrected chi connectivity index (χ2v) is 6.92. The van der Waals surface area contributed by atoms with Crippen LogP contribution in [0.5, 0.6) is 0 Å². The molecule has 2 fully saturated rings. The van der Waals surface area contributed by atoms with Gasteiger partial charge in [-0.1, -0.05) is 19.1 Å². The van der Waals surface area contributed by atoms with Crippen molar-refractivity contribution in [3.8, 4) is 0 Å². The van der Waals surface area contributed by atoms with Crippen LogP contribution in [0.4, 0.5) is 23.0 Å². The van der Waals surface area contributed by atoms with Gasteiger partial charge in [0, 0.05) is 45.3 Å². The number of likely N-dealkylation sites (N-methyl/N-ethyl adjacent to an activating group) is 1. The summed E-state index contributed by atoms with van der Waals surface area (Å²) in [6.45, 7) is 10.9. The number of hydrogen-bond donors (Lipinski definition) is 1. The first-order chi connectivity index (χ1) is 13.3. The molecule has 1 N–H and O–H groups in total. The molecule has 0 amide bonds. The number of para-hydroxylation sites is 2. The summed E-state index contributed by atoms with van der Waals surface area (Å²) in [7, 11) is 0. The zero-order chi connectivity index (χ0) is 18.5. The summed E-state index contributed by atoms with van der Waals surface area (Å²) in [6, 6.07) is 10.4. The number of rotatable bonds is 5. The van der Waals surface area contributed by atoms with Crippen LogP contribution >= 0.6 is 0 Å². The van der Waals surface area contributed by atoms with Crippen LogP contribution in [0.2, 0.25) is 0 Å². The van der Waals surface area contributed by atoms with E-state index < -0.39 is 0 Å². The van der Waals surface area contributed by atoms with E-state index in [1.807, 2.05) is 0 Å². The Balaban J connectivity index is 1.49. The lowest BCUT2D eigenvalue weighted by molar-refractivity contribution is 0.123. The second-order valence-electron chi connectivity index (χ2n) is 6.92. The number of hydrogen-bond acceptors (Lipinski definition) is 7. The SMILES string of the molecule is CCN1CCN(c2cc(Nc3ccccc3N3CCOCC3)ncn2)CC1. The molecule has 0 aliphatic carbocycles. The Morgan fingerprint density at radius 2 is 1.74 bits per heavy atom. The zero-order valence-corrected chi connectivity index (χ0v) is 16.0. The van der Waals surface area contributed by atoms with Crippen LogP contribution in [0.3, 0.4) is 0 Å². The molecule has 0 radical (unpaired) electrons. The van der Waals surface area contributed by atoms with Gasteiger partial charge in [0.2, 0.25) is 0 Å². The predicted molar refractivity (Wildman–Crippen MR) is 109 cm³/mol. The van der Waals surface area contributed by atoms with Crippen LogP contribution in [0.1, 0.15) is 6.92 Å². The second kappa shape index (κ2) is 8.54. The van der Waals surface area contributed by atoms with Crippen molar-refractivity contribution in [3.05, 3.63) is 36.7 Å². The summed E-state index contributed by atoms with van der Waals surface area (Å²) in [5.41, 5.74) is 2.26. The van der Waals surface area contributed by atoms with Gasteiger partial charge in [-0.25, -0.2) is 9.97 Å². The molecule has 2 aliphatic rings. The number of anilines is 4. The van der Waals surface area contributed by atoms with Crippen LogP contribution in [-0.4, -0.2) is 73.9 Å². The molecule has 0 saturated carbocycles. The van der Waals surface area contributed by atoms with Crippen molar-refractivity contribution < 1.29 is 4.74 Å². The van der Waals surface area contributed by atoms with E-state index in [0.29, 0.717) is 0 Å². The molecule has 2 aliphatic heterocycles. The smallest absolute Gasteiger partial charge is 0.135 e. The Hall–Kier alpha value is -2.38. The summed E-state index contributed by atoms with van der Waals surface area (Å²) in [5, 5.41) is 3.50. The monoisotopic (exact) mass is 368 g/mol. The normalized spacial score (nSPS) is 18.6. The van der Waals surface area contributed by atoms with E-state index in [0.717, 1.165) is 76.4 Å². The number of aromatic nitrogens is 2. The van der Waals surface area contributed by atoms with E-state index in [4.69, 9.17) is 4.74 Å². The van der Waals surface area contributed by atoms with Crippen LogP contribution < -0.4 is 15.1 Å². The third kappa shape index (κ3) is 4.31. The van der Waals surface area contributed by atoms with Gasteiger partial charge in [-0.2, -0.15) is 0 Å². The van der Waals surface area contributed by atoms with E-state index >= 15 is 0 Å². The van der Waals surface area contributed by atoms with Gasteiger partial charge in [0.25, 0.3) is 0 Å². The van der Waals surface area contributed by atoms with Gasteiger partial charge in [-0.3, -0.25) is 0 Å². The van der Waals surface area contributed by atoms with Crippen LogP contribution in [0.25, 0.3) is 0 Å². The summed E-state index contributed by atoms with van der Waals surface area (Å²) in [5.74, 6) is 1.82. The minimum absolute atomic E-state index is 0.774. The molecule has 27 heavy (non-hydrogen) atoms. The Morgan fingerprint density at radius 3 is 2.52 bits per heavy atom. The number of piperazine rings is 1. The van der Waals surface area contributed by atoms with Crippen molar-refractivity contribution in [1.29, 1.82) is 0 Å². The maximum absolute atomic E-state index is 5.49. The van der Waals surface area contributed by atoms with E-state index in [2.05, 4.69) is 67.2 Å². The van der Waals surface area contributed by atoms with Crippen LogP contribution in [-0.2, 0) is 4.74 Å². The fourth-order valence-electron chi connectivity index (χ4n) is 3.68. The lowest BCUT2D eigenvalue weighted by Crippen LogP contribution is -2.46. The standard InChI is InChI=1S/C20H28N6O/c1-2-24-7-9-26(10-8-24)20-15-19(21-16-22-20)23-17-5-3-4-6-18(17)25-11-13-27-14-12-25/h3-6,15-16H,2,7-14H2,1H3,(H,21,22,23). The van der Waals surface area contributed by atoms with Gasteiger partial charge in [-0.05, 0) is 18.7 Å². The summed E-state index contributed by atoms with van der Waals surface area (Å²) in [4.78, 5) is 16.1. The molecule has 144 valence electrons. The molecular formula is C20H28N6O. The average Bonchev–Trinajstić information content (AvgIpc) is 2.75. The number of benzene rings is 1. The molecule has 0 bridgehead atoms. The molecule has 7 heteroatoms. The predicted octanol–water partition coefficient (Wildman–Crippen LogP) is 2.20. The highest BCUT2D eigenvalue weighted by atomic mass is 16.5. The summed E-state index contributed by atoms with van der Waals surface area (Å²) >= 11 is 0. The van der Waals surface area contributed by atoms with E-state index in [9.17, 15) is 0 Å². The molecule has 3 heterocycles. The molecular weight excluding hydrogens is 340 g/mol. The van der Waals surface area contributed by atoms with Gasteiger partial charge >= 0.3 is 0 Å². The first-order valence-electron chi connectivity index (χ1n) is 9.81. The molecule has 1 aromatic heterocycles. The van der Waals surface area contributed by atoms with Crippen molar-refractivity contribution in [1.82, 2.24) is 14.9 Å². The maximum atomic E-state index is 5.49. The Morgan fingerprint density at radius 1 is 0.963 bits per heavy atom. The van der Waals surface area contributed by atoms with Crippen molar-refractivity contribution in [2.75, 3.05) is 74.1 Å². The van der Waals surface area contributed by atoms with Crippen molar-refractivity contribution in [2.24, 2.45) is 0 Å². The molecule has 0 atom stereocenters. The van der Waals surface area contributed by atoms with E-state index in [1.165, 1.54) is 5.69 Å². The number of nitrogens with one attached hydrogen (secondary N) is 1. The summed E-state index contributed by atoms with van der Waals surface area (Å²) in [6.07, 6.45) is 1.65. The number of nitrogens with zero attached hydrogens (tertiary/aromatic N) is 5. The van der Waals surface area contributed by atoms with E-state index in [1.54, 1.807) is 6.33 Å². The van der Waals surface area contributed by atoms with Gasteiger partial charge in [0.05, 0.1) is 24.6 Å². The molecule has 2 saturated heterocycles. The highest BCUT2D eigenvalue weighted by molar-refractivity contribution is 5.74. The zero-order valence-electron chi connectivity index (χ0n) is 16.0. The van der Waals surface area contributed by atoms with Crippen LogP contribution in [0.15, 0.2) is 36.7 Å². The Kier molecular flexibility index (Phi) is 5.69. The van der Waals surface area contributed by atoms with Crippen molar-refractivity contribution in [3.63, 3.8) is 0 Å². The minimum Gasteiger partial charge on any atom is -0.378 e. The molecule has 7 nitrogen and oxygen atoms in total. The lowest BCUT2D eigenvalue weighted by atomic mass is 10.2. The number of morpholine rings is 1. The molecule has 0 unspecified atom stereocenters. The molecule has 1 aromatic carbocycles. The Labute approximate surface area is 161 Å². The average molecular weight is 368 g/mol. The van der Waals surface area contributed by atoms with Gasteiger partial charge in [-0.15, -0.1) is 0 Å². The molecule has 0 spiro atoms. The summed E-state index contributed by atoms with van der Waals surface area (Å²) < 4.78 is 5.49. The topological polar surface area (TPSA) is 56.8 Å². The minimum atomic E-state index is 0.774. The van der Waals surface area contributed by atoms with Crippen molar-refractivity contribution in [2.45, 2.75) is 6.92 Å². The molecule has 4 rings (SSSR count). The third-order valence-electron chi connectivity index (χ3n) is 5.31. The maximum Gasteiger partial charge on any atom is 0.135 e. The first-order valence-corrected chi connectivity index (χ1v) is 9.81. The third-order valence-corrected chi connectivity index (χ3v) is 5.31. The van der Waals surface area contributed by atoms with Gasteiger partial charge in [0.15, 0.2) is 0 Å². The fourth-order valence-corrected chi connectivity index (χ4v) is 3.68. The Bertz CT molecular complexity index is 741. The van der Waals surface area contributed by atoms with Crippen LogP contribution in [0, 0.1) is 0 Å². The van der Waals surface area contributed by atoms with E-state index in [-0.39, 0.29) is 0 Å². The largest absolute Gasteiger partial charge is 0.378 e. The molecule has 2 aromatic rings. The first kappa shape index (κ1) is 18.0. The van der Waals surface area contributed by atoms with Gasteiger partial charge < -0.3 is 24.8 Å². The lowest BCUT2D eigenvalue weighted by Gasteiger charge is -2.34. The van der Waals surface area contributed by atoms with Gasteiger partial charge in [0.1, 0.15) is 18.0 Å². The number of ether oxygens (including phenoxy) is 1. The fraction of sp³-hybridized carbons (Fsp3) is 0.500. The van der Waals surface area contributed by atoms with Crippen molar-refractivity contribution >= 4 is 23.0 Å². The highest BCUT2D eigenvalue weighted by Crippen LogP contribution is 2.29. The highest BCUT2D eigenvalue weighted by Gasteiger charge is 2.18.